The average molecular weight is 371 g/mol. The molecule has 136 valence electrons. The number of nitrogens with zero attached hydrogens (tertiary/aromatic N) is 4. The van der Waals surface area contributed by atoms with Gasteiger partial charge in [-0.3, -0.25) is 9.19 Å². The van der Waals surface area contributed by atoms with Crippen molar-refractivity contribution < 1.29 is 9.32 Å². The summed E-state index contributed by atoms with van der Waals surface area (Å²) in [6, 6.07) is 4.03. The quantitative estimate of drug-likeness (QED) is 0.839. The fourth-order valence-corrected chi connectivity index (χ4v) is 5.23. The van der Waals surface area contributed by atoms with Crippen LogP contribution in [0.2, 0.25) is 0 Å². The normalized spacial score (nSPS) is 22.7. The van der Waals surface area contributed by atoms with Crippen LogP contribution in [0.1, 0.15) is 36.2 Å². The Morgan fingerprint density at radius 3 is 2.88 bits per heavy atom. The molecule has 2 N–H and O–H groups in total. The van der Waals surface area contributed by atoms with E-state index in [-0.39, 0.29) is 12.1 Å². The first-order valence-corrected chi connectivity index (χ1v) is 10.4. The Kier molecular flexibility index (Phi) is 3.72. The zero-order valence-electron chi connectivity index (χ0n) is 14.4. The van der Waals surface area contributed by atoms with E-state index in [9.17, 15) is 9.32 Å². The number of rotatable bonds is 4. The summed E-state index contributed by atoms with van der Waals surface area (Å²) >= 11 is 0. The lowest BCUT2D eigenvalue weighted by molar-refractivity contribution is 0.143. The largest absolute Gasteiger partial charge is 0.394 e. The number of nitrogens with one attached hydrogen (secondary N) is 1. The standard InChI is InChI=1S/C18H21N5O2S/c24-11-18(5-2-6-18)22-16-15-13(4-8-26(15)25)20-17(21-16)23-9-12-3-1-7-19-14(12)10-23/h1,3,7,24H,2,4-6,8-11H2,(H,20,21,22)/t26-/m0/s1. The molecule has 1 saturated carbocycles. The van der Waals surface area contributed by atoms with Gasteiger partial charge >= 0.3 is 0 Å². The average Bonchev–Trinajstić information content (AvgIpc) is 3.22. The number of aromatic nitrogens is 3. The minimum atomic E-state index is -1.07. The molecule has 0 radical (unpaired) electrons. The molecule has 0 saturated heterocycles. The molecule has 8 heteroatoms. The first-order valence-electron chi connectivity index (χ1n) is 9.03. The summed E-state index contributed by atoms with van der Waals surface area (Å²) < 4.78 is 12.5. The number of hydrogen-bond donors (Lipinski definition) is 2. The highest BCUT2D eigenvalue weighted by molar-refractivity contribution is 7.85. The van der Waals surface area contributed by atoms with Crippen molar-refractivity contribution in [3.05, 3.63) is 35.3 Å². The number of aryl methyl sites for hydroxylation is 1. The maximum Gasteiger partial charge on any atom is 0.228 e. The van der Waals surface area contributed by atoms with Crippen molar-refractivity contribution in [1.82, 2.24) is 15.0 Å². The Morgan fingerprint density at radius 2 is 2.15 bits per heavy atom. The van der Waals surface area contributed by atoms with Crippen molar-refractivity contribution >= 4 is 22.6 Å². The molecule has 4 heterocycles. The highest BCUT2D eigenvalue weighted by Gasteiger charge is 2.39. The summed E-state index contributed by atoms with van der Waals surface area (Å²) in [5.74, 6) is 1.88. The lowest BCUT2D eigenvalue weighted by Crippen LogP contribution is -2.48. The summed E-state index contributed by atoms with van der Waals surface area (Å²) in [5.41, 5.74) is 2.79. The predicted molar refractivity (Wildman–Crippen MR) is 98.4 cm³/mol. The lowest BCUT2D eigenvalue weighted by atomic mass is 9.77. The van der Waals surface area contributed by atoms with E-state index in [0.29, 0.717) is 30.5 Å². The van der Waals surface area contributed by atoms with Gasteiger partial charge < -0.3 is 15.3 Å². The summed E-state index contributed by atoms with van der Waals surface area (Å²) in [6.07, 6.45) is 5.41. The summed E-state index contributed by atoms with van der Waals surface area (Å²) in [4.78, 5) is 16.7. The molecule has 1 fully saturated rings. The van der Waals surface area contributed by atoms with E-state index < -0.39 is 10.8 Å². The summed E-state index contributed by atoms with van der Waals surface area (Å²) in [6.45, 7) is 1.48. The first kappa shape index (κ1) is 16.1. The number of fused-ring (bicyclic) bond motifs is 2. The Morgan fingerprint density at radius 1 is 1.27 bits per heavy atom. The van der Waals surface area contributed by atoms with E-state index >= 15 is 0 Å². The highest BCUT2D eigenvalue weighted by atomic mass is 32.2. The number of pyridine rings is 1. The molecule has 26 heavy (non-hydrogen) atoms. The van der Waals surface area contributed by atoms with E-state index in [1.807, 2.05) is 12.3 Å². The van der Waals surface area contributed by atoms with Gasteiger partial charge in [0.05, 0.1) is 40.9 Å². The van der Waals surface area contributed by atoms with Crippen LogP contribution in [0.5, 0.6) is 0 Å². The van der Waals surface area contributed by atoms with Crippen molar-refractivity contribution in [3.8, 4) is 0 Å². The van der Waals surface area contributed by atoms with Gasteiger partial charge in [0.25, 0.3) is 0 Å². The van der Waals surface area contributed by atoms with Gasteiger partial charge in [-0.05, 0) is 30.9 Å². The van der Waals surface area contributed by atoms with E-state index in [4.69, 9.17) is 9.97 Å². The smallest absolute Gasteiger partial charge is 0.228 e. The van der Waals surface area contributed by atoms with Crippen LogP contribution < -0.4 is 10.2 Å². The van der Waals surface area contributed by atoms with E-state index in [1.165, 1.54) is 5.56 Å². The summed E-state index contributed by atoms with van der Waals surface area (Å²) in [5, 5.41) is 13.2. The van der Waals surface area contributed by atoms with Crippen molar-refractivity contribution in [2.24, 2.45) is 0 Å². The van der Waals surface area contributed by atoms with Gasteiger partial charge in [-0.25, -0.2) is 4.98 Å². The molecule has 0 aromatic carbocycles. The molecule has 2 aromatic rings. The fraction of sp³-hybridized carbons (Fsp3) is 0.500. The number of hydrogen-bond acceptors (Lipinski definition) is 7. The summed E-state index contributed by atoms with van der Waals surface area (Å²) in [7, 11) is -1.07. The van der Waals surface area contributed by atoms with Gasteiger partial charge in [0.2, 0.25) is 5.95 Å². The topological polar surface area (TPSA) is 91.2 Å². The molecule has 1 atom stereocenters. The van der Waals surface area contributed by atoms with Gasteiger partial charge in [0.15, 0.2) is 0 Å². The molecule has 7 nitrogen and oxygen atoms in total. The van der Waals surface area contributed by atoms with E-state index in [2.05, 4.69) is 21.3 Å². The SMILES string of the molecule is O=[S@]1CCc2nc(N3Cc4cccnc4C3)nc(NC3(CO)CCC3)c21. The van der Waals surface area contributed by atoms with Crippen LogP contribution in [0.3, 0.4) is 0 Å². The van der Waals surface area contributed by atoms with Crippen LogP contribution in [0.4, 0.5) is 11.8 Å². The van der Waals surface area contributed by atoms with Gasteiger partial charge in [0.1, 0.15) is 10.7 Å². The molecule has 0 amide bonds. The third kappa shape index (κ3) is 2.51. The van der Waals surface area contributed by atoms with Crippen molar-refractivity contribution in [3.63, 3.8) is 0 Å². The van der Waals surface area contributed by atoms with Crippen molar-refractivity contribution in [2.45, 2.75) is 49.2 Å². The molecular weight excluding hydrogens is 350 g/mol. The van der Waals surface area contributed by atoms with Crippen LogP contribution in [-0.2, 0) is 30.3 Å². The van der Waals surface area contributed by atoms with Crippen LogP contribution in [-0.4, -0.2) is 42.2 Å². The van der Waals surface area contributed by atoms with Crippen LogP contribution in [0.15, 0.2) is 23.2 Å². The Hall–Kier alpha value is -2.06. The molecule has 2 aromatic heterocycles. The second-order valence-electron chi connectivity index (χ2n) is 7.33. The molecule has 5 rings (SSSR count). The lowest BCUT2D eigenvalue weighted by Gasteiger charge is -2.41. The van der Waals surface area contributed by atoms with Gasteiger partial charge in [0, 0.05) is 24.9 Å². The molecule has 0 spiro atoms. The zero-order chi connectivity index (χ0) is 17.7. The van der Waals surface area contributed by atoms with E-state index in [0.717, 1.165) is 42.1 Å². The van der Waals surface area contributed by atoms with Crippen LogP contribution in [0, 0.1) is 0 Å². The Bertz CT molecular complexity index is 869. The highest BCUT2D eigenvalue weighted by Crippen LogP contribution is 2.38. The predicted octanol–water partition coefficient (Wildman–Crippen LogP) is 1.38. The number of aliphatic hydroxyl groups excluding tert-OH is 1. The second kappa shape index (κ2) is 5.99. The molecule has 0 unspecified atom stereocenters. The Balaban J connectivity index is 1.52. The minimum Gasteiger partial charge on any atom is -0.394 e. The van der Waals surface area contributed by atoms with Crippen LogP contribution >= 0.6 is 0 Å². The molecule has 2 aliphatic heterocycles. The maximum atomic E-state index is 12.5. The van der Waals surface area contributed by atoms with Crippen LogP contribution in [0.25, 0.3) is 0 Å². The molecular formula is C18H21N5O2S. The first-order chi connectivity index (χ1) is 12.7. The number of anilines is 2. The minimum absolute atomic E-state index is 0.0623. The van der Waals surface area contributed by atoms with Crippen molar-refractivity contribution in [1.29, 1.82) is 0 Å². The van der Waals surface area contributed by atoms with Gasteiger partial charge in [-0.2, -0.15) is 4.98 Å². The third-order valence-corrected chi connectivity index (χ3v) is 7.10. The van der Waals surface area contributed by atoms with E-state index in [1.54, 1.807) is 0 Å². The fourth-order valence-electron chi connectivity index (χ4n) is 3.93. The molecule has 3 aliphatic rings. The maximum absolute atomic E-state index is 12.5. The number of aliphatic hydroxyl groups is 1. The monoisotopic (exact) mass is 371 g/mol. The van der Waals surface area contributed by atoms with Gasteiger partial charge in [-0.1, -0.05) is 6.07 Å². The second-order valence-corrected chi connectivity index (χ2v) is 8.84. The Labute approximate surface area is 154 Å². The molecule has 1 aliphatic carbocycles. The third-order valence-electron chi connectivity index (χ3n) is 5.64. The molecule has 0 bridgehead atoms. The van der Waals surface area contributed by atoms with Crippen molar-refractivity contribution in [2.75, 3.05) is 22.6 Å². The zero-order valence-corrected chi connectivity index (χ0v) is 15.3. The van der Waals surface area contributed by atoms with Gasteiger partial charge in [-0.15, -0.1) is 0 Å².